The van der Waals surface area contributed by atoms with Gasteiger partial charge in [-0.2, -0.15) is 0 Å². The van der Waals surface area contributed by atoms with Crippen LogP contribution in [0.3, 0.4) is 0 Å². The number of hydrogen-bond donors (Lipinski definition) is 1. The third-order valence-electron chi connectivity index (χ3n) is 4.88. The van der Waals surface area contributed by atoms with E-state index in [-0.39, 0.29) is 6.10 Å². The van der Waals surface area contributed by atoms with Gasteiger partial charge in [0.1, 0.15) is 5.75 Å². The Bertz CT molecular complexity index is 419. The standard InChI is InChI=1S/C18H28O2/c1-4-14-6-8-15(9-7-14)17(19)12-16-11-13(2)5-10-18(16)20-3/h5,10-11,14-15,17,19H,4,6-9,12H2,1-3H3. The largest absolute Gasteiger partial charge is 0.496 e. The zero-order valence-electron chi connectivity index (χ0n) is 13.1. The third-order valence-corrected chi connectivity index (χ3v) is 4.88. The summed E-state index contributed by atoms with van der Waals surface area (Å²) >= 11 is 0. The van der Waals surface area contributed by atoms with Gasteiger partial charge in [0.15, 0.2) is 0 Å². The Morgan fingerprint density at radius 3 is 2.55 bits per heavy atom. The fraction of sp³-hybridized carbons (Fsp3) is 0.667. The lowest BCUT2D eigenvalue weighted by Crippen LogP contribution is -2.27. The molecule has 1 aliphatic rings. The molecule has 0 aromatic heterocycles. The fourth-order valence-corrected chi connectivity index (χ4v) is 3.44. The van der Waals surface area contributed by atoms with Crippen LogP contribution in [0.2, 0.25) is 0 Å². The molecule has 0 heterocycles. The number of hydrogen-bond acceptors (Lipinski definition) is 2. The summed E-state index contributed by atoms with van der Waals surface area (Å²) in [5.41, 5.74) is 2.36. The summed E-state index contributed by atoms with van der Waals surface area (Å²) in [6.45, 7) is 4.36. The first-order valence-electron chi connectivity index (χ1n) is 7.95. The molecular formula is C18H28O2. The molecule has 20 heavy (non-hydrogen) atoms. The first-order valence-corrected chi connectivity index (χ1v) is 7.95. The first-order chi connectivity index (χ1) is 9.63. The van der Waals surface area contributed by atoms with Gasteiger partial charge in [-0.3, -0.25) is 0 Å². The molecule has 0 amide bonds. The van der Waals surface area contributed by atoms with Gasteiger partial charge in [0.25, 0.3) is 0 Å². The summed E-state index contributed by atoms with van der Waals surface area (Å²) in [4.78, 5) is 0. The summed E-state index contributed by atoms with van der Waals surface area (Å²) in [7, 11) is 1.70. The Hall–Kier alpha value is -1.02. The Kier molecular flexibility index (Phi) is 5.47. The quantitative estimate of drug-likeness (QED) is 0.876. The molecule has 1 aliphatic carbocycles. The van der Waals surface area contributed by atoms with Crippen molar-refractivity contribution in [3.63, 3.8) is 0 Å². The van der Waals surface area contributed by atoms with E-state index in [0.29, 0.717) is 12.3 Å². The number of ether oxygens (including phenoxy) is 1. The van der Waals surface area contributed by atoms with Gasteiger partial charge >= 0.3 is 0 Å². The minimum atomic E-state index is -0.233. The molecule has 1 aromatic rings. The summed E-state index contributed by atoms with van der Waals surface area (Å²) in [5, 5.41) is 10.5. The molecule has 0 saturated heterocycles. The van der Waals surface area contributed by atoms with E-state index < -0.39 is 0 Å². The molecule has 1 atom stereocenters. The highest BCUT2D eigenvalue weighted by Gasteiger charge is 2.26. The number of aliphatic hydroxyl groups excluding tert-OH is 1. The Morgan fingerprint density at radius 1 is 1.25 bits per heavy atom. The van der Waals surface area contributed by atoms with Crippen molar-refractivity contribution in [2.24, 2.45) is 11.8 Å². The average Bonchev–Trinajstić information content (AvgIpc) is 2.47. The van der Waals surface area contributed by atoms with E-state index >= 15 is 0 Å². The smallest absolute Gasteiger partial charge is 0.122 e. The monoisotopic (exact) mass is 276 g/mol. The summed E-state index contributed by atoms with van der Waals surface area (Å²) in [5.74, 6) is 2.24. The maximum atomic E-state index is 10.5. The molecule has 2 rings (SSSR count). The second-order valence-corrected chi connectivity index (χ2v) is 6.28. The highest BCUT2D eigenvalue weighted by Crippen LogP contribution is 2.34. The average molecular weight is 276 g/mol. The summed E-state index contributed by atoms with van der Waals surface area (Å²) < 4.78 is 5.41. The molecule has 1 N–H and O–H groups in total. The van der Waals surface area contributed by atoms with E-state index in [1.165, 1.54) is 37.7 Å². The molecule has 1 fully saturated rings. The van der Waals surface area contributed by atoms with Crippen LogP contribution in [0.5, 0.6) is 5.75 Å². The van der Waals surface area contributed by atoms with Gasteiger partial charge < -0.3 is 9.84 Å². The van der Waals surface area contributed by atoms with Crippen LogP contribution in [0.1, 0.15) is 50.2 Å². The maximum absolute atomic E-state index is 10.5. The van der Waals surface area contributed by atoms with Gasteiger partial charge in [-0.05, 0) is 43.2 Å². The summed E-state index contributed by atoms with van der Waals surface area (Å²) in [6, 6.07) is 6.20. The van der Waals surface area contributed by atoms with E-state index in [2.05, 4.69) is 26.0 Å². The normalized spacial score (nSPS) is 24.4. The van der Waals surface area contributed by atoms with Crippen LogP contribution in [0.25, 0.3) is 0 Å². The number of benzene rings is 1. The fourth-order valence-electron chi connectivity index (χ4n) is 3.44. The van der Waals surface area contributed by atoms with Gasteiger partial charge in [0.05, 0.1) is 13.2 Å². The highest BCUT2D eigenvalue weighted by atomic mass is 16.5. The molecule has 2 nitrogen and oxygen atoms in total. The van der Waals surface area contributed by atoms with Crippen LogP contribution < -0.4 is 4.74 Å². The first kappa shape index (κ1) is 15.4. The molecule has 1 unspecified atom stereocenters. The van der Waals surface area contributed by atoms with E-state index in [0.717, 1.165) is 17.2 Å². The molecule has 112 valence electrons. The number of methoxy groups -OCH3 is 1. The predicted octanol–water partition coefficient (Wildman–Crippen LogP) is 4.12. The van der Waals surface area contributed by atoms with Crippen molar-refractivity contribution in [1.82, 2.24) is 0 Å². The van der Waals surface area contributed by atoms with Crippen LogP contribution in [-0.4, -0.2) is 18.3 Å². The zero-order chi connectivity index (χ0) is 14.5. The van der Waals surface area contributed by atoms with Gasteiger partial charge in [-0.1, -0.05) is 43.9 Å². The van der Waals surface area contributed by atoms with E-state index in [1.807, 2.05) is 6.07 Å². The van der Waals surface area contributed by atoms with E-state index in [1.54, 1.807) is 7.11 Å². The Labute approximate surface area is 123 Å². The Balaban J connectivity index is 1.97. The van der Waals surface area contributed by atoms with Gasteiger partial charge in [-0.25, -0.2) is 0 Å². The second kappa shape index (κ2) is 7.12. The van der Waals surface area contributed by atoms with Crippen LogP contribution in [0, 0.1) is 18.8 Å². The SMILES string of the molecule is CCC1CCC(C(O)Cc2cc(C)ccc2OC)CC1. The van der Waals surface area contributed by atoms with Crippen LogP contribution >= 0.6 is 0 Å². The second-order valence-electron chi connectivity index (χ2n) is 6.28. The van der Waals surface area contributed by atoms with Crippen LogP contribution in [-0.2, 0) is 6.42 Å². The molecule has 0 radical (unpaired) electrons. The van der Waals surface area contributed by atoms with E-state index in [4.69, 9.17) is 4.74 Å². The van der Waals surface area contributed by atoms with Crippen molar-refractivity contribution in [2.75, 3.05) is 7.11 Å². The van der Waals surface area contributed by atoms with Crippen molar-refractivity contribution < 1.29 is 9.84 Å². The van der Waals surface area contributed by atoms with Gasteiger partial charge in [-0.15, -0.1) is 0 Å². The van der Waals surface area contributed by atoms with E-state index in [9.17, 15) is 5.11 Å². The van der Waals surface area contributed by atoms with Crippen LogP contribution in [0.15, 0.2) is 18.2 Å². The minimum Gasteiger partial charge on any atom is -0.496 e. The zero-order valence-corrected chi connectivity index (χ0v) is 13.1. The molecule has 0 spiro atoms. The minimum absolute atomic E-state index is 0.233. The van der Waals surface area contributed by atoms with Crippen molar-refractivity contribution in [3.8, 4) is 5.75 Å². The lowest BCUT2D eigenvalue weighted by atomic mass is 9.77. The lowest BCUT2D eigenvalue weighted by molar-refractivity contribution is 0.0730. The topological polar surface area (TPSA) is 29.5 Å². The van der Waals surface area contributed by atoms with Gasteiger partial charge in [0, 0.05) is 6.42 Å². The van der Waals surface area contributed by atoms with Crippen LogP contribution in [0.4, 0.5) is 0 Å². The maximum Gasteiger partial charge on any atom is 0.122 e. The molecule has 1 aromatic carbocycles. The molecule has 0 bridgehead atoms. The highest BCUT2D eigenvalue weighted by molar-refractivity contribution is 5.37. The van der Waals surface area contributed by atoms with Crippen molar-refractivity contribution in [3.05, 3.63) is 29.3 Å². The lowest BCUT2D eigenvalue weighted by Gasteiger charge is -2.31. The molecule has 0 aliphatic heterocycles. The van der Waals surface area contributed by atoms with Crippen molar-refractivity contribution in [1.29, 1.82) is 0 Å². The molecule has 1 saturated carbocycles. The van der Waals surface area contributed by atoms with Crippen molar-refractivity contribution >= 4 is 0 Å². The number of aliphatic hydroxyl groups is 1. The third kappa shape index (κ3) is 3.76. The number of rotatable bonds is 5. The van der Waals surface area contributed by atoms with Crippen molar-refractivity contribution in [2.45, 2.75) is 58.5 Å². The summed E-state index contributed by atoms with van der Waals surface area (Å²) in [6.07, 6.45) is 6.68. The predicted molar refractivity (Wildman–Crippen MR) is 83.2 cm³/mol. The Morgan fingerprint density at radius 2 is 1.95 bits per heavy atom. The molecular weight excluding hydrogens is 248 g/mol. The molecule has 2 heteroatoms. The number of aryl methyl sites for hydroxylation is 1. The van der Waals surface area contributed by atoms with Gasteiger partial charge in [0.2, 0.25) is 0 Å².